The Bertz CT molecular complexity index is 493. The first kappa shape index (κ1) is 13.7. The fraction of sp³-hybridized carbons (Fsp3) is 0.385. The molecule has 5 nitrogen and oxygen atoms in total. The summed E-state index contributed by atoms with van der Waals surface area (Å²) in [5.41, 5.74) is 5.92. The van der Waals surface area contributed by atoms with Gasteiger partial charge in [-0.25, -0.2) is 4.79 Å². The highest BCUT2D eigenvalue weighted by Crippen LogP contribution is 2.25. The molecule has 2 rings (SSSR count). The van der Waals surface area contributed by atoms with Gasteiger partial charge in [0.05, 0.1) is 5.92 Å². The number of carbonyl (C=O) groups is 2. The Hall–Kier alpha value is -1.75. The molecule has 0 bridgehead atoms. The summed E-state index contributed by atoms with van der Waals surface area (Å²) in [4.78, 5) is 23.1. The lowest BCUT2D eigenvalue weighted by Crippen LogP contribution is -2.44. The third-order valence-corrected chi connectivity index (χ3v) is 3.52. The molecule has 0 spiro atoms. The normalized spacial score (nSPS) is 21.9. The van der Waals surface area contributed by atoms with E-state index in [4.69, 9.17) is 17.3 Å². The molecular formula is C13H16ClN3O2. The van der Waals surface area contributed by atoms with E-state index in [2.05, 4.69) is 10.6 Å². The van der Waals surface area contributed by atoms with Crippen LogP contribution in [0.15, 0.2) is 24.3 Å². The largest absolute Gasteiger partial charge is 0.369 e. The van der Waals surface area contributed by atoms with E-state index >= 15 is 0 Å². The maximum atomic E-state index is 11.8. The number of halogens is 1. The van der Waals surface area contributed by atoms with Crippen molar-refractivity contribution in [1.29, 1.82) is 0 Å². The first-order valence-corrected chi connectivity index (χ1v) is 6.56. The number of rotatable bonds is 3. The van der Waals surface area contributed by atoms with Crippen LogP contribution in [0, 0.1) is 5.92 Å². The quantitative estimate of drug-likeness (QED) is 0.793. The van der Waals surface area contributed by atoms with Crippen LogP contribution in [0.3, 0.4) is 0 Å². The molecule has 1 aromatic rings. The van der Waals surface area contributed by atoms with Gasteiger partial charge in [-0.15, -0.1) is 0 Å². The maximum absolute atomic E-state index is 11.8. The van der Waals surface area contributed by atoms with Crippen LogP contribution < -0.4 is 16.4 Å². The van der Waals surface area contributed by atoms with E-state index in [9.17, 15) is 9.59 Å². The van der Waals surface area contributed by atoms with Crippen molar-refractivity contribution in [1.82, 2.24) is 5.32 Å². The Morgan fingerprint density at radius 2 is 2.11 bits per heavy atom. The number of nitrogens with two attached hydrogens (primary N) is 1. The van der Waals surface area contributed by atoms with E-state index in [1.54, 1.807) is 24.3 Å². The van der Waals surface area contributed by atoms with Gasteiger partial charge in [-0.05, 0) is 31.0 Å². The summed E-state index contributed by atoms with van der Waals surface area (Å²) in [6, 6.07) is 6.34. The van der Waals surface area contributed by atoms with Crippen LogP contribution in [-0.4, -0.2) is 18.0 Å². The van der Waals surface area contributed by atoms with Crippen molar-refractivity contribution >= 4 is 29.2 Å². The van der Waals surface area contributed by atoms with Crippen molar-refractivity contribution in [2.24, 2.45) is 11.7 Å². The molecule has 4 N–H and O–H groups in total. The monoisotopic (exact) mass is 281 g/mol. The Kier molecular flexibility index (Phi) is 4.27. The lowest BCUT2D eigenvalue weighted by Gasteiger charge is -2.18. The van der Waals surface area contributed by atoms with E-state index in [0.29, 0.717) is 10.7 Å². The second-order valence-electron chi connectivity index (χ2n) is 4.66. The Morgan fingerprint density at radius 3 is 2.79 bits per heavy atom. The number of benzene rings is 1. The van der Waals surface area contributed by atoms with Crippen LogP contribution in [-0.2, 0) is 4.79 Å². The maximum Gasteiger partial charge on any atom is 0.319 e. The second-order valence-corrected chi connectivity index (χ2v) is 5.09. The van der Waals surface area contributed by atoms with Crippen LogP contribution in [0.1, 0.15) is 19.3 Å². The topological polar surface area (TPSA) is 84.2 Å². The molecule has 1 fully saturated rings. The number of hydrogen-bond donors (Lipinski definition) is 3. The zero-order valence-electron chi connectivity index (χ0n) is 10.4. The molecule has 1 saturated carbocycles. The van der Waals surface area contributed by atoms with Crippen LogP contribution in [0.4, 0.5) is 10.5 Å². The van der Waals surface area contributed by atoms with E-state index in [1.165, 1.54) is 0 Å². The molecule has 0 aromatic heterocycles. The van der Waals surface area contributed by atoms with Gasteiger partial charge in [0, 0.05) is 16.8 Å². The van der Waals surface area contributed by atoms with Gasteiger partial charge in [-0.1, -0.05) is 24.1 Å². The molecule has 0 unspecified atom stereocenters. The van der Waals surface area contributed by atoms with Crippen molar-refractivity contribution in [2.45, 2.75) is 25.3 Å². The minimum absolute atomic E-state index is 0.184. The van der Waals surface area contributed by atoms with E-state index < -0.39 is 0 Å². The number of hydrogen-bond acceptors (Lipinski definition) is 2. The van der Waals surface area contributed by atoms with Crippen LogP contribution in [0.5, 0.6) is 0 Å². The molecule has 3 amide bonds. The molecule has 2 atom stereocenters. The van der Waals surface area contributed by atoms with Crippen molar-refractivity contribution in [3.05, 3.63) is 29.3 Å². The summed E-state index contributed by atoms with van der Waals surface area (Å²) in [6.07, 6.45) is 2.41. The van der Waals surface area contributed by atoms with Gasteiger partial charge in [-0.2, -0.15) is 0 Å². The van der Waals surface area contributed by atoms with Gasteiger partial charge in [0.1, 0.15) is 0 Å². The van der Waals surface area contributed by atoms with Gasteiger partial charge in [0.2, 0.25) is 5.91 Å². The fourth-order valence-corrected chi connectivity index (χ4v) is 2.57. The van der Waals surface area contributed by atoms with Crippen LogP contribution in [0.25, 0.3) is 0 Å². The van der Waals surface area contributed by atoms with Crippen molar-refractivity contribution in [2.75, 3.05) is 5.32 Å². The highest BCUT2D eigenvalue weighted by atomic mass is 35.5. The van der Waals surface area contributed by atoms with Crippen LogP contribution in [0.2, 0.25) is 5.02 Å². The van der Waals surface area contributed by atoms with Gasteiger partial charge < -0.3 is 16.4 Å². The average molecular weight is 282 g/mol. The number of amides is 3. The van der Waals surface area contributed by atoms with Crippen LogP contribution >= 0.6 is 11.6 Å². The fourth-order valence-electron chi connectivity index (χ4n) is 2.38. The van der Waals surface area contributed by atoms with E-state index in [0.717, 1.165) is 19.3 Å². The van der Waals surface area contributed by atoms with Gasteiger partial charge in [0.25, 0.3) is 0 Å². The Balaban J connectivity index is 1.92. The lowest BCUT2D eigenvalue weighted by atomic mass is 10.0. The molecule has 1 aliphatic rings. The zero-order chi connectivity index (χ0) is 13.8. The summed E-state index contributed by atoms with van der Waals surface area (Å²) in [6.45, 7) is 0. The zero-order valence-corrected chi connectivity index (χ0v) is 11.1. The summed E-state index contributed by atoms with van der Waals surface area (Å²) in [7, 11) is 0. The average Bonchev–Trinajstić information content (AvgIpc) is 2.76. The minimum Gasteiger partial charge on any atom is -0.369 e. The summed E-state index contributed by atoms with van der Waals surface area (Å²) < 4.78 is 0. The first-order valence-electron chi connectivity index (χ1n) is 6.18. The summed E-state index contributed by atoms with van der Waals surface area (Å²) >= 11 is 5.83. The Morgan fingerprint density at radius 1 is 1.32 bits per heavy atom. The standard InChI is InChI=1S/C13H16ClN3O2/c14-8-3-1-4-9(7-8)16-13(19)17-11-6-2-5-10(11)12(15)18/h1,3-4,7,10-11H,2,5-6H2,(H2,15,18)(H2,16,17,19)/t10-,11-/m0/s1. The van der Waals surface area contributed by atoms with E-state index in [1.807, 2.05) is 0 Å². The van der Waals surface area contributed by atoms with Gasteiger partial charge in [0.15, 0.2) is 0 Å². The van der Waals surface area contributed by atoms with Gasteiger partial charge in [-0.3, -0.25) is 4.79 Å². The smallest absolute Gasteiger partial charge is 0.319 e. The molecule has 6 heteroatoms. The highest BCUT2D eigenvalue weighted by molar-refractivity contribution is 6.30. The molecule has 19 heavy (non-hydrogen) atoms. The third-order valence-electron chi connectivity index (χ3n) is 3.28. The lowest BCUT2D eigenvalue weighted by molar-refractivity contribution is -0.122. The SMILES string of the molecule is NC(=O)[C@H]1CCC[C@@H]1NC(=O)Nc1cccc(Cl)c1. The van der Waals surface area contributed by atoms with E-state index in [-0.39, 0.29) is 23.9 Å². The van der Waals surface area contributed by atoms with Crippen molar-refractivity contribution in [3.8, 4) is 0 Å². The molecule has 102 valence electrons. The highest BCUT2D eigenvalue weighted by Gasteiger charge is 2.32. The van der Waals surface area contributed by atoms with Gasteiger partial charge >= 0.3 is 6.03 Å². The van der Waals surface area contributed by atoms with Crippen molar-refractivity contribution in [3.63, 3.8) is 0 Å². The molecule has 0 aliphatic heterocycles. The summed E-state index contributed by atoms with van der Waals surface area (Å²) in [5, 5.41) is 6.02. The molecule has 1 aromatic carbocycles. The summed E-state index contributed by atoms with van der Waals surface area (Å²) in [5.74, 6) is -0.629. The predicted molar refractivity (Wildman–Crippen MR) is 73.9 cm³/mol. The second kappa shape index (κ2) is 5.93. The molecular weight excluding hydrogens is 266 g/mol. The number of anilines is 1. The Labute approximate surface area is 116 Å². The molecule has 0 heterocycles. The molecule has 0 radical (unpaired) electrons. The number of urea groups is 1. The molecule has 0 saturated heterocycles. The van der Waals surface area contributed by atoms with Crippen molar-refractivity contribution < 1.29 is 9.59 Å². The predicted octanol–water partition coefficient (Wildman–Crippen LogP) is 2.12. The molecule has 1 aliphatic carbocycles. The number of nitrogens with one attached hydrogen (secondary N) is 2. The first-order chi connectivity index (χ1) is 9.06. The minimum atomic E-state index is -0.356. The third kappa shape index (κ3) is 3.61. The number of carbonyl (C=O) groups excluding carboxylic acids is 2. The number of primary amides is 1.